The molecule has 0 spiro atoms. The molecule has 0 aromatic heterocycles. The summed E-state index contributed by atoms with van der Waals surface area (Å²) in [7, 11) is 0. The van der Waals surface area contributed by atoms with Gasteiger partial charge in [0.1, 0.15) is 0 Å². The molecule has 0 saturated heterocycles. The fourth-order valence-corrected chi connectivity index (χ4v) is 3.21. The SMILES string of the molecule is N[C@H]1CC[C@H](c2ccc(Cl)c(Cl)c2)c2ccccc21. The van der Waals surface area contributed by atoms with E-state index in [-0.39, 0.29) is 6.04 Å². The maximum Gasteiger partial charge on any atom is 0.0595 e. The van der Waals surface area contributed by atoms with Gasteiger partial charge in [0.05, 0.1) is 10.0 Å². The summed E-state index contributed by atoms with van der Waals surface area (Å²) in [6, 6.07) is 14.5. The zero-order chi connectivity index (χ0) is 13.4. The Kier molecular flexibility index (Phi) is 3.53. The van der Waals surface area contributed by atoms with Crippen LogP contribution >= 0.6 is 23.2 Å². The molecule has 1 aliphatic rings. The van der Waals surface area contributed by atoms with Crippen molar-refractivity contribution < 1.29 is 0 Å². The molecular weight excluding hydrogens is 277 g/mol. The first kappa shape index (κ1) is 13.0. The minimum absolute atomic E-state index is 0.148. The Morgan fingerprint density at radius 3 is 2.37 bits per heavy atom. The Bertz CT molecular complexity index is 609. The van der Waals surface area contributed by atoms with Crippen LogP contribution in [0.3, 0.4) is 0 Å². The van der Waals surface area contributed by atoms with Crippen LogP contribution in [0.5, 0.6) is 0 Å². The van der Waals surface area contributed by atoms with Gasteiger partial charge in [0.15, 0.2) is 0 Å². The second kappa shape index (κ2) is 5.16. The molecule has 0 fully saturated rings. The summed E-state index contributed by atoms with van der Waals surface area (Å²) in [5.74, 6) is 0.366. The Morgan fingerprint density at radius 2 is 1.63 bits per heavy atom. The van der Waals surface area contributed by atoms with Gasteiger partial charge in [0.25, 0.3) is 0 Å². The quantitative estimate of drug-likeness (QED) is 0.793. The lowest BCUT2D eigenvalue weighted by atomic mass is 9.77. The van der Waals surface area contributed by atoms with Crippen LogP contribution < -0.4 is 5.73 Å². The third kappa shape index (κ3) is 2.38. The number of halogens is 2. The van der Waals surface area contributed by atoms with Gasteiger partial charge in [-0.15, -0.1) is 0 Å². The standard InChI is InChI=1S/C16H15Cl2N/c17-14-7-5-10(9-15(14)18)11-6-8-16(19)13-4-2-1-3-12(11)13/h1-5,7,9,11,16H,6,8,19H2/t11-,16+/m1/s1. The Hall–Kier alpha value is -1.02. The van der Waals surface area contributed by atoms with Gasteiger partial charge in [-0.25, -0.2) is 0 Å². The van der Waals surface area contributed by atoms with Crippen LogP contribution in [0.25, 0.3) is 0 Å². The maximum atomic E-state index is 6.19. The highest BCUT2D eigenvalue weighted by Gasteiger charge is 2.26. The van der Waals surface area contributed by atoms with Gasteiger partial charge < -0.3 is 5.73 Å². The van der Waals surface area contributed by atoms with Gasteiger partial charge in [-0.05, 0) is 41.7 Å². The van der Waals surface area contributed by atoms with Gasteiger partial charge in [-0.3, -0.25) is 0 Å². The Balaban J connectivity index is 2.07. The van der Waals surface area contributed by atoms with Crippen molar-refractivity contribution in [1.82, 2.24) is 0 Å². The lowest BCUT2D eigenvalue weighted by molar-refractivity contribution is 0.530. The number of fused-ring (bicyclic) bond motifs is 1. The molecule has 1 aliphatic carbocycles. The highest BCUT2D eigenvalue weighted by atomic mass is 35.5. The molecule has 2 atom stereocenters. The Morgan fingerprint density at radius 1 is 0.895 bits per heavy atom. The van der Waals surface area contributed by atoms with Crippen molar-refractivity contribution in [3.05, 3.63) is 69.2 Å². The lowest BCUT2D eigenvalue weighted by Gasteiger charge is -2.30. The largest absolute Gasteiger partial charge is 0.324 e. The van der Waals surface area contributed by atoms with E-state index in [1.165, 1.54) is 16.7 Å². The third-order valence-electron chi connectivity index (χ3n) is 3.88. The van der Waals surface area contributed by atoms with E-state index < -0.39 is 0 Å². The van der Waals surface area contributed by atoms with Gasteiger partial charge in [0, 0.05) is 12.0 Å². The number of hydrogen-bond donors (Lipinski definition) is 1. The summed E-state index contributed by atoms with van der Waals surface area (Å²) >= 11 is 12.1. The van der Waals surface area contributed by atoms with Crippen molar-refractivity contribution in [3.8, 4) is 0 Å². The van der Waals surface area contributed by atoms with Crippen molar-refractivity contribution in [1.29, 1.82) is 0 Å². The van der Waals surface area contributed by atoms with Crippen LogP contribution in [0.2, 0.25) is 10.0 Å². The van der Waals surface area contributed by atoms with Crippen LogP contribution in [-0.4, -0.2) is 0 Å². The summed E-state index contributed by atoms with van der Waals surface area (Å²) in [5.41, 5.74) is 9.98. The molecule has 2 aromatic carbocycles. The second-order valence-corrected chi connectivity index (χ2v) is 5.85. The van der Waals surface area contributed by atoms with Crippen LogP contribution in [0.4, 0.5) is 0 Å². The van der Waals surface area contributed by atoms with Crippen molar-refractivity contribution in [2.45, 2.75) is 24.8 Å². The fraction of sp³-hybridized carbons (Fsp3) is 0.250. The van der Waals surface area contributed by atoms with Crippen molar-refractivity contribution in [2.24, 2.45) is 5.73 Å². The van der Waals surface area contributed by atoms with Gasteiger partial charge >= 0.3 is 0 Å². The summed E-state index contributed by atoms with van der Waals surface area (Å²) in [5, 5.41) is 1.22. The molecule has 98 valence electrons. The first-order valence-corrected chi connectivity index (χ1v) is 7.22. The molecule has 0 bridgehead atoms. The zero-order valence-electron chi connectivity index (χ0n) is 10.4. The average molecular weight is 292 g/mol. The highest BCUT2D eigenvalue weighted by molar-refractivity contribution is 6.42. The summed E-state index contributed by atoms with van der Waals surface area (Å²) < 4.78 is 0. The first-order valence-electron chi connectivity index (χ1n) is 6.46. The lowest BCUT2D eigenvalue weighted by Crippen LogP contribution is -2.20. The fourth-order valence-electron chi connectivity index (χ4n) is 2.90. The van der Waals surface area contributed by atoms with Crippen LogP contribution in [0.1, 0.15) is 41.5 Å². The molecule has 0 unspecified atom stereocenters. The van der Waals surface area contributed by atoms with E-state index in [0.717, 1.165) is 12.8 Å². The first-order chi connectivity index (χ1) is 9.16. The van der Waals surface area contributed by atoms with Gasteiger partial charge in [0.2, 0.25) is 0 Å². The normalized spacial score (nSPS) is 22.1. The average Bonchev–Trinajstić information content (AvgIpc) is 2.43. The molecule has 3 heteroatoms. The van der Waals surface area contributed by atoms with E-state index in [2.05, 4.69) is 30.3 Å². The van der Waals surface area contributed by atoms with E-state index >= 15 is 0 Å². The zero-order valence-corrected chi connectivity index (χ0v) is 12.0. The van der Waals surface area contributed by atoms with E-state index in [1.807, 2.05) is 12.1 Å². The molecule has 3 rings (SSSR count). The minimum Gasteiger partial charge on any atom is -0.324 e. The summed E-state index contributed by atoms with van der Waals surface area (Å²) in [4.78, 5) is 0. The van der Waals surface area contributed by atoms with Crippen LogP contribution in [0.15, 0.2) is 42.5 Å². The van der Waals surface area contributed by atoms with E-state index in [0.29, 0.717) is 16.0 Å². The predicted molar refractivity (Wildman–Crippen MR) is 80.9 cm³/mol. The molecule has 0 radical (unpaired) electrons. The van der Waals surface area contributed by atoms with E-state index in [1.54, 1.807) is 0 Å². The molecule has 0 saturated carbocycles. The van der Waals surface area contributed by atoms with Gasteiger partial charge in [-0.2, -0.15) is 0 Å². The van der Waals surface area contributed by atoms with Gasteiger partial charge in [-0.1, -0.05) is 53.5 Å². The van der Waals surface area contributed by atoms with Crippen molar-refractivity contribution in [2.75, 3.05) is 0 Å². The van der Waals surface area contributed by atoms with Crippen LogP contribution in [-0.2, 0) is 0 Å². The number of hydrogen-bond acceptors (Lipinski definition) is 1. The number of benzene rings is 2. The third-order valence-corrected chi connectivity index (χ3v) is 4.62. The summed E-state index contributed by atoms with van der Waals surface area (Å²) in [6.45, 7) is 0. The van der Waals surface area contributed by atoms with Crippen molar-refractivity contribution >= 4 is 23.2 Å². The molecule has 1 nitrogen and oxygen atoms in total. The van der Waals surface area contributed by atoms with E-state index in [4.69, 9.17) is 28.9 Å². The van der Waals surface area contributed by atoms with E-state index in [9.17, 15) is 0 Å². The Labute approximate surface area is 123 Å². The molecule has 0 amide bonds. The number of rotatable bonds is 1. The molecule has 0 aliphatic heterocycles. The number of nitrogens with two attached hydrogens (primary N) is 1. The van der Waals surface area contributed by atoms with Crippen molar-refractivity contribution in [3.63, 3.8) is 0 Å². The predicted octanol–water partition coefficient (Wildman–Crippen LogP) is 4.92. The second-order valence-electron chi connectivity index (χ2n) is 5.04. The summed E-state index contributed by atoms with van der Waals surface area (Å²) in [6.07, 6.45) is 2.05. The minimum atomic E-state index is 0.148. The monoisotopic (exact) mass is 291 g/mol. The highest BCUT2D eigenvalue weighted by Crippen LogP contribution is 2.41. The molecule has 19 heavy (non-hydrogen) atoms. The molecule has 2 aromatic rings. The molecule has 2 N–H and O–H groups in total. The molecule has 0 heterocycles. The smallest absolute Gasteiger partial charge is 0.0595 e. The molecular formula is C16H15Cl2N. The maximum absolute atomic E-state index is 6.19. The topological polar surface area (TPSA) is 26.0 Å². The van der Waals surface area contributed by atoms with Crippen LogP contribution in [0, 0.1) is 0 Å².